The quantitative estimate of drug-likeness (QED) is 0.0941. The fraction of sp³-hybridized carbons (Fsp3) is 0.194. The highest BCUT2D eigenvalue weighted by atomic mass is 16.6. The smallest absolute Gasteiger partial charge is 0.320 e. The molecular weight excluding hydrogens is 528 g/mol. The Hall–Kier alpha value is -4.97. The molecule has 1 atom stereocenters. The molecule has 6 nitrogen and oxygen atoms in total. The highest BCUT2D eigenvalue weighted by Gasteiger charge is 2.34. The van der Waals surface area contributed by atoms with Crippen LogP contribution in [-0.2, 0) is 37.1 Å². The number of hydrogen-bond donors (Lipinski definition) is 0. The first-order chi connectivity index (χ1) is 20.5. The highest BCUT2D eigenvalue weighted by Crippen LogP contribution is 2.31. The van der Waals surface area contributed by atoms with Crippen molar-refractivity contribution in [2.45, 2.75) is 32.0 Å². The summed E-state index contributed by atoms with van der Waals surface area (Å²) in [5.41, 5.74) is 3.30. The summed E-state index contributed by atoms with van der Waals surface area (Å²) in [6.07, 6.45) is 3.41. The van der Waals surface area contributed by atoms with Crippen LogP contribution >= 0.6 is 0 Å². The summed E-state index contributed by atoms with van der Waals surface area (Å²) in [6.45, 7) is 0.0438. The molecule has 0 N–H and O–H groups in total. The maximum atomic E-state index is 13.4. The van der Waals surface area contributed by atoms with Crippen molar-refractivity contribution >= 4 is 23.8 Å². The first-order valence-corrected chi connectivity index (χ1v) is 13.8. The molecule has 1 unspecified atom stereocenters. The van der Waals surface area contributed by atoms with Crippen LogP contribution in [0.2, 0.25) is 0 Å². The van der Waals surface area contributed by atoms with Gasteiger partial charge in [-0.1, -0.05) is 109 Å². The van der Waals surface area contributed by atoms with Gasteiger partial charge in [0.25, 0.3) is 0 Å². The van der Waals surface area contributed by atoms with Crippen molar-refractivity contribution in [2.75, 3.05) is 7.11 Å². The Bertz CT molecular complexity index is 1390. The summed E-state index contributed by atoms with van der Waals surface area (Å²) in [6, 6.07) is 35.3. The van der Waals surface area contributed by atoms with Gasteiger partial charge in [-0.3, -0.25) is 14.4 Å². The monoisotopic (exact) mass is 562 g/mol. The van der Waals surface area contributed by atoms with Crippen LogP contribution in [0, 0.1) is 5.92 Å². The van der Waals surface area contributed by atoms with E-state index < -0.39 is 23.8 Å². The summed E-state index contributed by atoms with van der Waals surface area (Å²) in [4.78, 5) is 39.9. The Morgan fingerprint density at radius 3 is 1.67 bits per heavy atom. The van der Waals surface area contributed by atoms with E-state index in [9.17, 15) is 14.4 Å². The van der Waals surface area contributed by atoms with Crippen molar-refractivity contribution in [1.29, 1.82) is 0 Å². The zero-order valence-electron chi connectivity index (χ0n) is 23.6. The predicted octanol–water partition coefficient (Wildman–Crippen LogP) is 6.94. The first-order valence-electron chi connectivity index (χ1n) is 13.8. The van der Waals surface area contributed by atoms with Gasteiger partial charge in [-0.2, -0.15) is 0 Å². The van der Waals surface area contributed by atoms with E-state index in [4.69, 9.17) is 14.2 Å². The van der Waals surface area contributed by atoms with Gasteiger partial charge in [0.05, 0.1) is 7.11 Å². The minimum absolute atomic E-state index is 0.0219. The second-order valence-corrected chi connectivity index (χ2v) is 9.86. The minimum atomic E-state index is -1.23. The molecule has 42 heavy (non-hydrogen) atoms. The molecule has 0 heterocycles. The highest BCUT2D eigenvalue weighted by molar-refractivity contribution is 5.96. The second-order valence-electron chi connectivity index (χ2n) is 9.86. The number of ether oxygens (including phenoxy) is 3. The van der Waals surface area contributed by atoms with E-state index in [0.29, 0.717) is 5.75 Å². The van der Waals surface area contributed by atoms with Crippen molar-refractivity contribution in [3.05, 3.63) is 144 Å². The van der Waals surface area contributed by atoms with E-state index >= 15 is 0 Å². The molecule has 0 saturated heterocycles. The number of methoxy groups -OCH3 is 1. The lowest BCUT2D eigenvalue weighted by Crippen LogP contribution is -2.30. The van der Waals surface area contributed by atoms with Crippen LogP contribution < -0.4 is 4.74 Å². The number of benzene rings is 4. The Balaban J connectivity index is 1.56. The van der Waals surface area contributed by atoms with Crippen LogP contribution in [0.25, 0.3) is 6.08 Å². The van der Waals surface area contributed by atoms with Gasteiger partial charge in [-0.05, 0) is 52.8 Å². The third kappa shape index (κ3) is 9.30. The summed E-state index contributed by atoms with van der Waals surface area (Å²) < 4.78 is 16.5. The molecule has 0 aliphatic carbocycles. The molecule has 0 amide bonds. The number of rotatable bonds is 14. The average molecular weight is 563 g/mol. The van der Waals surface area contributed by atoms with Crippen LogP contribution in [0.1, 0.15) is 41.0 Å². The zero-order chi connectivity index (χ0) is 29.6. The molecule has 0 saturated carbocycles. The van der Waals surface area contributed by atoms with E-state index in [1.807, 2.05) is 103 Å². The standard InChI is InChI=1S/C36H34O6/c1-40-33-21-18-30(19-22-33)31(23-32(37)20-17-27-11-5-2-6-12-27)24-34(35(38)41-25-28-13-7-3-8-14-28)36(39)42-26-29-15-9-4-10-16-29/h2-22,31,34H,23-26H2,1H3/b20-17+. The van der Waals surface area contributed by atoms with Crippen LogP contribution in [-0.4, -0.2) is 24.8 Å². The third-order valence-corrected chi connectivity index (χ3v) is 6.83. The zero-order valence-corrected chi connectivity index (χ0v) is 23.6. The van der Waals surface area contributed by atoms with Crippen molar-refractivity contribution < 1.29 is 28.6 Å². The molecule has 0 bridgehead atoms. The Morgan fingerprint density at radius 1 is 0.667 bits per heavy atom. The van der Waals surface area contributed by atoms with Crippen molar-refractivity contribution in [3.8, 4) is 5.75 Å². The molecular formula is C36H34O6. The predicted molar refractivity (Wildman–Crippen MR) is 161 cm³/mol. The van der Waals surface area contributed by atoms with Gasteiger partial charge in [0.1, 0.15) is 19.0 Å². The molecule has 4 aromatic rings. The topological polar surface area (TPSA) is 78.9 Å². The number of ketones is 1. The molecule has 0 aliphatic heterocycles. The second kappa shape index (κ2) is 15.7. The summed E-state index contributed by atoms with van der Waals surface area (Å²) in [5, 5.41) is 0. The maximum absolute atomic E-state index is 13.4. The molecule has 4 rings (SSSR count). The van der Waals surface area contributed by atoms with Crippen LogP contribution in [0.4, 0.5) is 0 Å². The van der Waals surface area contributed by atoms with Crippen LogP contribution in [0.3, 0.4) is 0 Å². The largest absolute Gasteiger partial charge is 0.497 e. The molecule has 0 spiro atoms. The van der Waals surface area contributed by atoms with Gasteiger partial charge in [0.15, 0.2) is 11.7 Å². The molecule has 0 aliphatic rings. The Morgan fingerprint density at radius 2 is 1.17 bits per heavy atom. The Labute approximate surface area is 246 Å². The van der Waals surface area contributed by atoms with E-state index in [0.717, 1.165) is 22.3 Å². The van der Waals surface area contributed by atoms with E-state index in [2.05, 4.69) is 0 Å². The van der Waals surface area contributed by atoms with E-state index in [1.54, 1.807) is 25.3 Å². The average Bonchev–Trinajstić information content (AvgIpc) is 3.05. The van der Waals surface area contributed by atoms with Gasteiger partial charge in [-0.15, -0.1) is 0 Å². The lowest BCUT2D eigenvalue weighted by molar-refractivity contribution is -0.164. The minimum Gasteiger partial charge on any atom is -0.497 e. The molecule has 0 radical (unpaired) electrons. The maximum Gasteiger partial charge on any atom is 0.320 e. The molecule has 214 valence electrons. The van der Waals surface area contributed by atoms with Gasteiger partial charge in [0, 0.05) is 6.42 Å². The Kier molecular flexibility index (Phi) is 11.2. The summed E-state index contributed by atoms with van der Waals surface area (Å²) in [7, 11) is 1.58. The molecule has 0 fully saturated rings. The third-order valence-electron chi connectivity index (χ3n) is 6.83. The molecule has 4 aromatic carbocycles. The molecule has 6 heteroatoms. The number of allylic oxidation sites excluding steroid dienone is 1. The number of esters is 2. The fourth-order valence-corrected chi connectivity index (χ4v) is 4.51. The van der Waals surface area contributed by atoms with E-state index in [1.165, 1.54) is 6.08 Å². The van der Waals surface area contributed by atoms with Gasteiger partial charge >= 0.3 is 11.9 Å². The first kappa shape index (κ1) is 30.0. The van der Waals surface area contributed by atoms with Gasteiger partial charge in [0.2, 0.25) is 0 Å². The van der Waals surface area contributed by atoms with Crippen molar-refractivity contribution in [2.24, 2.45) is 5.92 Å². The molecule has 0 aromatic heterocycles. The number of hydrogen-bond acceptors (Lipinski definition) is 6. The summed E-state index contributed by atoms with van der Waals surface area (Å²) in [5.74, 6) is -2.54. The van der Waals surface area contributed by atoms with Crippen molar-refractivity contribution in [3.63, 3.8) is 0 Å². The van der Waals surface area contributed by atoms with Crippen LogP contribution in [0.5, 0.6) is 5.75 Å². The summed E-state index contributed by atoms with van der Waals surface area (Å²) >= 11 is 0. The number of carbonyl (C=O) groups is 3. The SMILES string of the molecule is COc1ccc(C(CC(=O)/C=C/c2ccccc2)CC(C(=O)OCc2ccccc2)C(=O)OCc2ccccc2)cc1. The fourth-order valence-electron chi connectivity index (χ4n) is 4.51. The van der Waals surface area contributed by atoms with Crippen LogP contribution in [0.15, 0.2) is 121 Å². The van der Waals surface area contributed by atoms with Gasteiger partial charge < -0.3 is 14.2 Å². The van der Waals surface area contributed by atoms with E-state index in [-0.39, 0.29) is 31.8 Å². The van der Waals surface area contributed by atoms with Crippen molar-refractivity contribution in [1.82, 2.24) is 0 Å². The van der Waals surface area contributed by atoms with Gasteiger partial charge in [-0.25, -0.2) is 0 Å². The lowest BCUT2D eigenvalue weighted by atomic mass is 9.85. The lowest BCUT2D eigenvalue weighted by Gasteiger charge is -2.22. The number of carbonyl (C=O) groups excluding carboxylic acids is 3. The normalized spacial score (nSPS) is 11.7.